The molecule has 3 N–H and O–H groups in total. The Bertz CT molecular complexity index is 613. The van der Waals surface area contributed by atoms with E-state index in [4.69, 9.17) is 18.0 Å². The molecule has 0 radical (unpaired) electrons. The van der Waals surface area contributed by atoms with Crippen molar-refractivity contribution in [3.8, 4) is 0 Å². The van der Waals surface area contributed by atoms with Gasteiger partial charge in [-0.2, -0.15) is 18.2 Å². The van der Waals surface area contributed by atoms with E-state index in [0.717, 1.165) is 18.5 Å². The van der Waals surface area contributed by atoms with Gasteiger partial charge in [-0.05, 0) is 18.2 Å². The van der Waals surface area contributed by atoms with Gasteiger partial charge < -0.3 is 15.6 Å². The number of hydrogen-bond donors (Lipinski definition) is 2. The largest absolute Gasteiger partial charge is 0.416 e. The van der Waals surface area contributed by atoms with Crippen LogP contribution >= 0.6 is 12.2 Å². The molecule has 0 fully saturated rings. The molecule has 0 saturated heterocycles. The van der Waals surface area contributed by atoms with Gasteiger partial charge in [-0.3, -0.25) is 0 Å². The standard InChI is InChI=1S/C11H9F3N4OS/c12-11(13,14)6-1-2-8(7(3-6)10(15)20)16-4-9-17-5-19-18-9/h1-3,5,16H,4H2,(H2,15,20). The Morgan fingerprint density at radius 1 is 1.40 bits per heavy atom. The first-order chi connectivity index (χ1) is 9.38. The average Bonchev–Trinajstić information content (AvgIpc) is 2.88. The van der Waals surface area contributed by atoms with Crippen LogP contribution in [-0.2, 0) is 12.7 Å². The molecule has 0 aliphatic heterocycles. The minimum Gasteiger partial charge on any atom is -0.389 e. The zero-order valence-electron chi connectivity index (χ0n) is 9.94. The quantitative estimate of drug-likeness (QED) is 0.844. The Morgan fingerprint density at radius 2 is 2.15 bits per heavy atom. The molecule has 0 saturated carbocycles. The highest BCUT2D eigenvalue weighted by Gasteiger charge is 2.31. The average molecular weight is 302 g/mol. The second-order valence-electron chi connectivity index (χ2n) is 3.82. The lowest BCUT2D eigenvalue weighted by Crippen LogP contribution is -2.16. The van der Waals surface area contributed by atoms with E-state index < -0.39 is 11.7 Å². The van der Waals surface area contributed by atoms with Gasteiger partial charge in [-0.1, -0.05) is 17.4 Å². The Kier molecular flexibility index (Phi) is 3.89. The van der Waals surface area contributed by atoms with Crippen molar-refractivity contribution in [2.24, 2.45) is 5.73 Å². The highest BCUT2D eigenvalue weighted by atomic mass is 32.1. The van der Waals surface area contributed by atoms with Crippen LogP contribution in [0.3, 0.4) is 0 Å². The molecule has 0 spiro atoms. The first kappa shape index (κ1) is 14.3. The fourth-order valence-corrected chi connectivity index (χ4v) is 1.69. The second-order valence-corrected chi connectivity index (χ2v) is 4.26. The molecule has 0 aliphatic rings. The van der Waals surface area contributed by atoms with E-state index in [9.17, 15) is 13.2 Å². The van der Waals surface area contributed by atoms with Gasteiger partial charge in [0.2, 0.25) is 6.39 Å². The zero-order valence-corrected chi connectivity index (χ0v) is 10.8. The van der Waals surface area contributed by atoms with Crippen molar-refractivity contribution in [3.05, 3.63) is 41.5 Å². The van der Waals surface area contributed by atoms with Gasteiger partial charge in [0.15, 0.2) is 5.82 Å². The fraction of sp³-hybridized carbons (Fsp3) is 0.182. The molecule has 1 aromatic heterocycles. The number of nitrogens with one attached hydrogen (secondary N) is 1. The highest BCUT2D eigenvalue weighted by molar-refractivity contribution is 7.80. The maximum atomic E-state index is 12.6. The lowest BCUT2D eigenvalue weighted by molar-refractivity contribution is -0.137. The van der Waals surface area contributed by atoms with E-state index in [-0.39, 0.29) is 17.1 Å². The summed E-state index contributed by atoms with van der Waals surface area (Å²) in [5.41, 5.74) is 5.12. The van der Waals surface area contributed by atoms with Gasteiger partial charge in [0.25, 0.3) is 0 Å². The molecule has 2 rings (SSSR count). The molecule has 0 aliphatic carbocycles. The van der Waals surface area contributed by atoms with Crippen LogP contribution in [0.15, 0.2) is 29.1 Å². The molecule has 5 nitrogen and oxygen atoms in total. The molecule has 1 heterocycles. The fourth-order valence-electron chi connectivity index (χ4n) is 1.52. The summed E-state index contributed by atoms with van der Waals surface area (Å²) in [6.45, 7) is 0.178. The third kappa shape index (κ3) is 3.23. The van der Waals surface area contributed by atoms with E-state index in [1.807, 2.05) is 0 Å². The Morgan fingerprint density at radius 3 is 2.70 bits per heavy atom. The van der Waals surface area contributed by atoms with Crippen LogP contribution in [-0.4, -0.2) is 15.1 Å². The van der Waals surface area contributed by atoms with E-state index in [1.54, 1.807) is 0 Å². The number of anilines is 1. The summed E-state index contributed by atoms with van der Waals surface area (Å²) in [6.07, 6.45) is -3.30. The highest BCUT2D eigenvalue weighted by Crippen LogP contribution is 2.31. The van der Waals surface area contributed by atoms with Crippen molar-refractivity contribution in [3.63, 3.8) is 0 Å². The van der Waals surface area contributed by atoms with E-state index in [2.05, 4.69) is 20.0 Å². The molecular weight excluding hydrogens is 293 g/mol. The summed E-state index contributed by atoms with van der Waals surface area (Å²) in [4.78, 5) is 3.65. The number of nitrogens with two attached hydrogens (primary N) is 1. The van der Waals surface area contributed by atoms with Crippen molar-refractivity contribution in [1.29, 1.82) is 0 Å². The minimum absolute atomic E-state index is 0.110. The van der Waals surface area contributed by atoms with Crippen LogP contribution in [0.5, 0.6) is 0 Å². The molecule has 0 atom stereocenters. The number of nitrogens with zero attached hydrogens (tertiary/aromatic N) is 2. The van der Waals surface area contributed by atoms with Crippen LogP contribution in [0, 0.1) is 0 Å². The van der Waals surface area contributed by atoms with Crippen LogP contribution in [0.4, 0.5) is 18.9 Å². The number of benzene rings is 1. The molecule has 20 heavy (non-hydrogen) atoms. The summed E-state index contributed by atoms with van der Waals surface area (Å²) in [5, 5.41) is 6.43. The van der Waals surface area contributed by atoms with Crippen LogP contribution in [0.25, 0.3) is 0 Å². The zero-order chi connectivity index (χ0) is 14.8. The number of hydrogen-bond acceptors (Lipinski definition) is 5. The SMILES string of the molecule is NC(=S)c1cc(C(F)(F)F)ccc1NCc1ncon1. The normalized spacial score (nSPS) is 11.3. The van der Waals surface area contributed by atoms with Crippen molar-refractivity contribution in [2.45, 2.75) is 12.7 Å². The maximum Gasteiger partial charge on any atom is 0.416 e. The van der Waals surface area contributed by atoms with E-state index in [1.165, 1.54) is 6.07 Å². The Hall–Kier alpha value is -2.16. The summed E-state index contributed by atoms with van der Waals surface area (Å²) < 4.78 is 42.4. The third-order valence-corrected chi connectivity index (χ3v) is 2.68. The topological polar surface area (TPSA) is 77.0 Å². The molecule has 9 heteroatoms. The molecule has 2 aromatic rings. The number of rotatable bonds is 4. The van der Waals surface area contributed by atoms with Gasteiger partial charge in [0.1, 0.15) is 4.99 Å². The molecule has 0 bridgehead atoms. The summed E-state index contributed by atoms with van der Waals surface area (Å²) >= 11 is 4.77. The lowest BCUT2D eigenvalue weighted by atomic mass is 10.1. The van der Waals surface area contributed by atoms with Crippen LogP contribution in [0.2, 0.25) is 0 Å². The third-order valence-electron chi connectivity index (χ3n) is 2.46. The van der Waals surface area contributed by atoms with E-state index >= 15 is 0 Å². The maximum absolute atomic E-state index is 12.6. The molecule has 0 amide bonds. The predicted molar refractivity (Wildman–Crippen MR) is 69.0 cm³/mol. The van der Waals surface area contributed by atoms with Gasteiger partial charge in [-0.15, -0.1) is 0 Å². The van der Waals surface area contributed by atoms with Crippen LogP contribution in [0.1, 0.15) is 17.0 Å². The van der Waals surface area contributed by atoms with E-state index in [0.29, 0.717) is 11.5 Å². The van der Waals surface area contributed by atoms with Crippen molar-refractivity contribution < 1.29 is 17.7 Å². The van der Waals surface area contributed by atoms with Crippen molar-refractivity contribution in [1.82, 2.24) is 10.1 Å². The first-order valence-corrected chi connectivity index (χ1v) is 5.79. The number of alkyl halides is 3. The summed E-state index contributed by atoms with van der Waals surface area (Å²) in [7, 11) is 0. The van der Waals surface area contributed by atoms with Crippen molar-refractivity contribution in [2.75, 3.05) is 5.32 Å². The first-order valence-electron chi connectivity index (χ1n) is 5.38. The van der Waals surface area contributed by atoms with Crippen molar-refractivity contribution >= 4 is 22.9 Å². The summed E-state index contributed by atoms with van der Waals surface area (Å²) in [5.74, 6) is 0.360. The summed E-state index contributed by atoms with van der Waals surface area (Å²) in [6, 6.07) is 3.11. The minimum atomic E-state index is -4.45. The van der Waals surface area contributed by atoms with Crippen LogP contribution < -0.4 is 11.1 Å². The van der Waals surface area contributed by atoms with Gasteiger partial charge in [-0.25, -0.2) is 0 Å². The molecular formula is C11H9F3N4OS. The molecule has 1 aromatic carbocycles. The van der Waals surface area contributed by atoms with Gasteiger partial charge in [0, 0.05) is 11.3 Å². The molecule has 0 unspecified atom stereocenters. The molecule has 106 valence electrons. The monoisotopic (exact) mass is 302 g/mol. The number of aromatic nitrogens is 2. The van der Waals surface area contributed by atoms with Gasteiger partial charge >= 0.3 is 6.18 Å². The van der Waals surface area contributed by atoms with Gasteiger partial charge in [0.05, 0.1) is 12.1 Å². The Labute approximate surface area is 117 Å². The second kappa shape index (κ2) is 5.45. The number of halogens is 3. The smallest absolute Gasteiger partial charge is 0.389 e. The lowest BCUT2D eigenvalue weighted by Gasteiger charge is -2.13. The predicted octanol–water partition coefficient (Wildman–Crippen LogP) is 2.33. The number of thiocarbonyl (C=S) groups is 1. The Balaban J connectivity index is 2.26.